The average Bonchev–Trinajstić information content (AvgIpc) is 2.47. The summed E-state index contributed by atoms with van der Waals surface area (Å²) in [6.45, 7) is 4.30. The Labute approximate surface area is 81.0 Å². The van der Waals surface area contributed by atoms with Crippen molar-refractivity contribution >= 4 is 17.3 Å². The molecule has 0 radical (unpaired) electrons. The molecule has 0 spiro atoms. The highest BCUT2D eigenvalue weighted by Crippen LogP contribution is 2.24. The summed E-state index contributed by atoms with van der Waals surface area (Å²) in [5, 5.41) is 10.9. The molecule has 1 aromatic rings. The Morgan fingerprint density at radius 1 is 1.69 bits per heavy atom. The van der Waals surface area contributed by atoms with Crippen molar-refractivity contribution in [2.45, 2.75) is 13.8 Å². The second-order valence-corrected chi connectivity index (χ2v) is 4.03. The normalized spacial score (nSPS) is 10.4. The fourth-order valence-electron chi connectivity index (χ4n) is 0.777. The van der Waals surface area contributed by atoms with Gasteiger partial charge in [0.2, 0.25) is 0 Å². The zero-order valence-electron chi connectivity index (χ0n) is 7.61. The minimum atomic E-state index is -0.451. The van der Waals surface area contributed by atoms with Gasteiger partial charge >= 0.3 is 5.97 Å². The van der Waals surface area contributed by atoms with Crippen molar-refractivity contribution in [3.63, 3.8) is 0 Å². The van der Waals surface area contributed by atoms with Crippen molar-refractivity contribution in [2.24, 2.45) is 5.92 Å². The van der Waals surface area contributed by atoms with Gasteiger partial charge < -0.3 is 9.84 Å². The lowest BCUT2D eigenvalue weighted by molar-refractivity contribution is 0.0457. The Morgan fingerprint density at radius 3 is 2.85 bits per heavy atom. The third kappa shape index (κ3) is 2.73. The lowest BCUT2D eigenvalue weighted by Crippen LogP contribution is -2.09. The van der Waals surface area contributed by atoms with Crippen molar-refractivity contribution in [3.05, 3.63) is 17.0 Å². The van der Waals surface area contributed by atoms with Crippen LogP contribution in [0.5, 0.6) is 5.06 Å². The number of hydrogen-bond acceptors (Lipinski definition) is 4. The smallest absolute Gasteiger partial charge is 0.342 e. The summed E-state index contributed by atoms with van der Waals surface area (Å²) in [7, 11) is 0. The molecule has 0 aromatic carbocycles. The molecule has 1 N–H and O–H groups in total. The number of thiophene rings is 1. The Bertz CT molecular complexity index is 291. The van der Waals surface area contributed by atoms with Crippen molar-refractivity contribution in [1.29, 1.82) is 0 Å². The number of aromatic hydroxyl groups is 1. The highest BCUT2D eigenvalue weighted by Gasteiger charge is 2.13. The molecule has 0 saturated heterocycles. The van der Waals surface area contributed by atoms with Gasteiger partial charge in [-0.25, -0.2) is 4.79 Å². The first-order valence-corrected chi connectivity index (χ1v) is 4.92. The molecule has 0 fully saturated rings. The molecule has 1 heterocycles. The van der Waals surface area contributed by atoms with E-state index in [9.17, 15) is 9.90 Å². The molecule has 1 rings (SSSR count). The van der Waals surface area contributed by atoms with Gasteiger partial charge in [-0.15, -0.1) is 11.3 Å². The van der Waals surface area contributed by atoms with Crippen LogP contribution in [0.2, 0.25) is 0 Å². The van der Waals surface area contributed by atoms with Crippen LogP contribution in [0.4, 0.5) is 0 Å². The predicted molar refractivity (Wildman–Crippen MR) is 51.1 cm³/mol. The van der Waals surface area contributed by atoms with E-state index in [2.05, 4.69) is 0 Å². The third-order valence-electron chi connectivity index (χ3n) is 1.41. The van der Waals surface area contributed by atoms with Gasteiger partial charge in [0.1, 0.15) is 5.56 Å². The Morgan fingerprint density at radius 2 is 2.38 bits per heavy atom. The van der Waals surface area contributed by atoms with Crippen LogP contribution in [0.15, 0.2) is 11.4 Å². The van der Waals surface area contributed by atoms with E-state index in [1.807, 2.05) is 13.8 Å². The van der Waals surface area contributed by atoms with Crippen molar-refractivity contribution in [2.75, 3.05) is 6.61 Å². The zero-order valence-corrected chi connectivity index (χ0v) is 8.43. The maximum absolute atomic E-state index is 11.3. The number of ether oxygens (including phenoxy) is 1. The zero-order chi connectivity index (χ0) is 9.84. The van der Waals surface area contributed by atoms with E-state index in [0.29, 0.717) is 12.5 Å². The maximum atomic E-state index is 11.3. The SMILES string of the molecule is CC(C)COC(=O)c1ccsc1O. The van der Waals surface area contributed by atoms with E-state index in [4.69, 9.17) is 4.74 Å². The number of hydrogen-bond donors (Lipinski definition) is 1. The van der Waals surface area contributed by atoms with Crippen LogP contribution in [0, 0.1) is 5.92 Å². The Hall–Kier alpha value is -1.03. The van der Waals surface area contributed by atoms with Gasteiger partial charge in [0, 0.05) is 0 Å². The number of esters is 1. The average molecular weight is 200 g/mol. The summed E-state index contributed by atoms with van der Waals surface area (Å²) in [5.41, 5.74) is 0.255. The highest BCUT2D eigenvalue weighted by atomic mass is 32.1. The van der Waals surface area contributed by atoms with E-state index in [1.165, 1.54) is 0 Å². The van der Waals surface area contributed by atoms with Crippen LogP contribution >= 0.6 is 11.3 Å². The lowest BCUT2D eigenvalue weighted by atomic mass is 10.2. The summed E-state index contributed by atoms with van der Waals surface area (Å²) in [6.07, 6.45) is 0. The highest BCUT2D eigenvalue weighted by molar-refractivity contribution is 7.12. The molecule has 0 aliphatic rings. The van der Waals surface area contributed by atoms with Gasteiger partial charge in [-0.05, 0) is 17.4 Å². The van der Waals surface area contributed by atoms with E-state index in [1.54, 1.807) is 11.4 Å². The topological polar surface area (TPSA) is 46.5 Å². The van der Waals surface area contributed by atoms with E-state index >= 15 is 0 Å². The number of carbonyl (C=O) groups excluding carboxylic acids is 1. The van der Waals surface area contributed by atoms with Crippen LogP contribution in [0.1, 0.15) is 24.2 Å². The predicted octanol–water partition coefficient (Wildman–Crippen LogP) is 2.27. The second-order valence-electron chi connectivity index (χ2n) is 3.13. The molecule has 1 aromatic heterocycles. The fraction of sp³-hybridized carbons (Fsp3) is 0.444. The second kappa shape index (κ2) is 4.28. The van der Waals surface area contributed by atoms with Crippen molar-refractivity contribution in [3.8, 4) is 5.06 Å². The number of carbonyl (C=O) groups is 1. The van der Waals surface area contributed by atoms with Crippen LogP contribution in [-0.2, 0) is 4.74 Å². The molecule has 0 aliphatic heterocycles. The minimum absolute atomic E-state index is 0.0220. The molecule has 0 unspecified atom stereocenters. The van der Waals surface area contributed by atoms with Crippen LogP contribution in [0.25, 0.3) is 0 Å². The molecular formula is C9H12O3S. The van der Waals surface area contributed by atoms with Gasteiger partial charge in [0.05, 0.1) is 6.61 Å². The summed E-state index contributed by atoms with van der Waals surface area (Å²) < 4.78 is 4.94. The quantitative estimate of drug-likeness (QED) is 0.761. The molecule has 0 amide bonds. The maximum Gasteiger partial charge on any atom is 0.342 e. The minimum Gasteiger partial charge on any atom is -0.499 e. The molecule has 13 heavy (non-hydrogen) atoms. The molecule has 0 aliphatic carbocycles. The molecule has 0 bridgehead atoms. The van der Waals surface area contributed by atoms with Gasteiger partial charge in [0.15, 0.2) is 5.06 Å². The molecule has 3 nitrogen and oxygen atoms in total. The summed E-state index contributed by atoms with van der Waals surface area (Å²) in [5.74, 6) is -0.142. The van der Waals surface area contributed by atoms with Crippen molar-refractivity contribution in [1.82, 2.24) is 0 Å². The number of rotatable bonds is 3. The molecule has 0 saturated carbocycles. The largest absolute Gasteiger partial charge is 0.499 e. The Kier molecular flexibility index (Phi) is 3.31. The summed E-state index contributed by atoms with van der Waals surface area (Å²) >= 11 is 1.12. The molecule has 72 valence electrons. The molecule has 4 heteroatoms. The van der Waals surface area contributed by atoms with Gasteiger partial charge in [-0.1, -0.05) is 13.8 Å². The summed E-state index contributed by atoms with van der Waals surface area (Å²) in [4.78, 5) is 11.3. The first kappa shape index (κ1) is 10.1. The monoisotopic (exact) mass is 200 g/mol. The first-order valence-electron chi connectivity index (χ1n) is 4.05. The van der Waals surface area contributed by atoms with Crippen LogP contribution in [0.3, 0.4) is 0 Å². The van der Waals surface area contributed by atoms with E-state index < -0.39 is 5.97 Å². The third-order valence-corrected chi connectivity index (χ3v) is 2.13. The Balaban J connectivity index is 2.54. The molecular weight excluding hydrogens is 188 g/mol. The lowest BCUT2D eigenvalue weighted by Gasteiger charge is -2.05. The van der Waals surface area contributed by atoms with Crippen LogP contribution < -0.4 is 0 Å². The standard InChI is InChI=1S/C9H12O3S/c1-6(2)5-12-8(10)7-3-4-13-9(7)11/h3-4,6,11H,5H2,1-2H3. The van der Waals surface area contributed by atoms with Crippen molar-refractivity contribution < 1.29 is 14.6 Å². The van der Waals surface area contributed by atoms with Gasteiger partial charge in [0.25, 0.3) is 0 Å². The van der Waals surface area contributed by atoms with Gasteiger partial charge in [-0.3, -0.25) is 0 Å². The van der Waals surface area contributed by atoms with E-state index in [0.717, 1.165) is 11.3 Å². The first-order chi connectivity index (χ1) is 6.11. The molecule has 0 atom stereocenters. The van der Waals surface area contributed by atoms with Gasteiger partial charge in [-0.2, -0.15) is 0 Å². The fourth-order valence-corrected chi connectivity index (χ4v) is 1.39. The summed E-state index contributed by atoms with van der Waals surface area (Å²) in [6, 6.07) is 1.56. The van der Waals surface area contributed by atoms with Crippen LogP contribution in [-0.4, -0.2) is 17.7 Å². The van der Waals surface area contributed by atoms with E-state index in [-0.39, 0.29) is 10.6 Å².